The van der Waals surface area contributed by atoms with Gasteiger partial charge in [0.1, 0.15) is 5.41 Å². The SMILES string of the molecule is C=C/C=C/C(=[C]\S(=O)(=O)C(F)(F)F)S(=O)(=O)C(F)(F)F. The fraction of sp³-hybridized carbons (Fsp3) is 0.250. The van der Waals surface area contributed by atoms with Gasteiger partial charge in [0.15, 0.2) is 0 Å². The first-order chi connectivity index (χ1) is 8.67. The molecule has 0 saturated carbocycles. The molecule has 0 amide bonds. The van der Waals surface area contributed by atoms with Crippen LogP contribution in [0, 0.1) is 5.41 Å². The quantitative estimate of drug-likeness (QED) is 0.580. The Kier molecular flexibility index (Phi) is 5.23. The highest BCUT2D eigenvalue weighted by Crippen LogP contribution is 2.32. The molecule has 4 nitrogen and oxygen atoms in total. The molecule has 0 aliphatic heterocycles. The number of rotatable bonds is 4. The molecule has 0 saturated heterocycles. The smallest absolute Gasteiger partial charge is 0.214 e. The average molecular weight is 343 g/mol. The van der Waals surface area contributed by atoms with Crippen LogP contribution >= 0.6 is 0 Å². The Balaban J connectivity index is 6.27. The second-order valence-electron chi connectivity index (χ2n) is 2.96. The van der Waals surface area contributed by atoms with Crippen LogP contribution in [0.25, 0.3) is 0 Å². The van der Waals surface area contributed by atoms with Gasteiger partial charge in [-0.1, -0.05) is 18.7 Å². The molecule has 12 heteroatoms. The normalized spacial score (nSPS) is 15.6. The van der Waals surface area contributed by atoms with E-state index in [4.69, 9.17) is 0 Å². The fourth-order valence-corrected chi connectivity index (χ4v) is 2.37. The molecular weight excluding hydrogens is 338 g/mol. The lowest BCUT2D eigenvalue weighted by Gasteiger charge is -2.09. The third kappa shape index (κ3) is 4.10. The second-order valence-corrected chi connectivity index (χ2v) is 6.54. The van der Waals surface area contributed by atoms with E-state index >= 15 is 0 Å². The van der Waals surface area contributed by atoms with Gasteiger partial charge in [-0.15, -0.1) is 0 Å². The van der Waals surface area contributed by atoms with Crippen LogP contribution in [0.5, 0.6) is 0 Å². The van der Waals surface area contributed by atoms with Crippen LogP contribution < -0.4 is 0 Å². The zero-order chi connectivity index (χ0) is 16.4. The number of halogens is 6. The van der Waals surface area contributed by atoms with Crippen LogP contribution in [-0.4, -0.2) is 27.9 Å². The lowest BCUT2D eigenvalue weighted by molar-refractivity contribution is -0.0438. The standard InChI is InChI=1S/C8H5F6O4S2/c1-2-3-4-6(20(17,18)8(12,13)14)5-19(15,16)7(9,10)11/h2-4H,1H2/b4-3+,6-5?. The van der Waals surface area contributed by atoms with Crippen molar-refractivity contribution in [3.05, 3.63) is 35.1 Å². The van der Waals surface area contributed by atoms with Crippen molar-refractivity contribution in [2.75, 3.05) is 0 Å². The summed E-state index contributed by atoms with van der Waals surface area (Å²) in [6.07, 6.45) is 1.23. The van der Waals surface area contributed by atoms with Gasteiger partial charge in [0, 0.05) is 0 Å². The molecule has 0 spiro atoms. The third-order valence-electron chi connectivity index (χ3n) is 1.52. The Hall–Kier alpha value is -1.30. The maximum atomic E-state index is 12.2. The van der Waals surface area contributed by atoms with Crippen molar-refractivity contribution in [3.63, 3.8) is 0 Å². The highest BCUT2D eigenvalue weighted by Gasteiger charge is 2.51. The summed E-state index contributed by atoms with van der Waals surface area (Å²) < 4.78 is 116. The van der Waals surface area contributed by atoms with Crippen molar-refractivity contribution < 1.29 is 43.2 Å². The van der Waals surface area contributed by atoms with Crippen molar-refractivity contribution in [1.29, 1.82) is 0 Å². The van der Waals surface area contributed by atoms with E-state index in [-0.39, 0.29) is 6.08 Å². The Morgan fingerprint density at radius 2 is 1.40 bits per heavy atom. The molecule has 0 atom stereocenters. The number of hydrogen-bond donors (Lipinski definition) is 0. The minimum Gasteiger partial charge on any atom is -0.214 e. The molecule has 0 aliphatic carbocycles. The van der Waals surface area contributed by atoms with Crippen LogP contribution in [0.15, 0.2) is 29.7 Å². The van der Waals surface area contributed by atoms with E-state index in [0.717, 1.165) is 6.08 Å². The maximum absolute atomic E-state index is 12.2. The monoisotopic (exact) mass is 343 g/mol. The summed E-state index contributed by atoms with van der Waals surface area (Å²) >= 11 is 0. The van der Waals surface area contributed by atoms with E-state index < -0.39 is 35.6 Å². The lowest BCUT2D eigenvalue weighted by atomic mass is 10.5. The molecule has 0 unspecified atom stereocenters. The van der Waals surface area contributed by atoms with E-state index in [1.54, 1.807) is 0 Å². The second kappa shape index (κ2) is 5.60. The van der Waals surface area contributed by atoms with Gasteiger partial charge < -0.3 is 0 Å². The number of sulfone groups is 2. The minimum atomic E-state index is -6.32. The summed E-state index contributed by atoms with van der Waals surface area (Å²) in [6, 6.07) is 0. The average Bonchev–Trinajstić information content (AvgIpc) is 2.20. The van der Waals surface area contributed by atoms with Gasteiger partial charge >= 0.3 is 11.0 Å². The topological polar surface area (TPSA) is 68.3 Å². The molecule has 0 aromatic rings. The summed E-state index contributed by atoms with van der Waals surface area (Å²) in [5.74, 6) is 0. The van der Waals surface area contributed by atoms with E-state index in [9.17, 15) is 43.2 Å². The molecule has 0 N–H and O–H groups in total. The summed E-state index contributed by atoms with van der Waals surface area (Å²) in [4.78, 5) is -2.19. The first-order valence-corrected chi connectivity index (χ1v) is 7.20. The summed E-state index contributed by atoms with van der Waals surface area (Å²) in [5.41, 5.74) is -12.0. The molecule has 115 valence electrons. The first kappa shape index (κ1) is 18.7. The molecule has 0 aromatic carbocycles. The van der Waals surface area contributed by atoms with Gasteiger partial charge in [-0.3, -0.25) is 0 Å². The van der Waals surface area contributed by atoms with E-state index in [1.165, 1.54) is 0 Å². The zero-order valence-corrected chi connectivity index (χ0v) is 10.8. The van der Waals surface area contributed by atoms with Crippen LogP contribution in [0.2, 0.25) is 0 Å². The highest BCUT2D eigenvalue weighted by atomic mass is 32.2. The Labute approximate surface area is 109 Å². The van der Waals surface area contributed by atoms with Crippen molar-refractivity contribution in [2.45, 2.75) is 11.0 Å². The minimum absolute atomic E-state index is 0.0148. The van der Waals surface area contributed by atoms with E-state index in [1.807, 2.05) is 0 Å². The number of hydrogen-bond acceptors (Lipinski definition) is 4. The highest BCUT2D eigenvalue weighted by molar-refractivity contribution is 7.98. The van der Waals surface area contributed by atoms with Crippen molar-refractivity contribution in [1.82, 2.24) is 0 Å². The molecule has 0 rings (SSSR count). The molecule has 0 aromatic heterocycles. The molecule has 0 fully saturated rings. The van der Waals surface area contributed by atoms with Crippen molar-refractivity contribution in [2.24, 2.45) is 0 Å². The molecule has 0 heterocycles. The van der Waals surface area contributed by atoms with Gasteiger partial charge in [-0.25, -0.2) is 16.8 Å². The van der Waals surface area contributed by atoms with Crippen LogP contribution in [0.4, 0.5) is 26.3 Å². The predicted molar refractivity (Wildman–Crippen MR) is 56.0 cm³/mol. The molecule has 1 radical (unpaired) electrons. The van der Waals surface area contributed by atoms with E-state index in [0.29, 0.717) is 11.5 Å². The fourth-order valence-electron chi connectivity index (χ4n) is 0.649. The van der Waals surface area contributed by atoms with Crippen LogP contribution in [0.1, 0.15) is 0 Å². The van der Waals surface area contributed by atoms with Gasteiger partial charge in [0.2, 0.25) is 0 Å². The zero-order valence-electron chi connectivity index (χ0n) is 9.16. The Morgan fingerprint density at radius 3 is 1.70 bits per heavy atom. The van der Waals surface area contributed by atoms with Crippen LogP contribution in [0.3, 0.4) is 0 Å². The molecule has 0 bridgehead atoms. The summed E-state index contributed by atoms with van der Waals surface area (Å²) in [6.45, 7) is 2.95. The summed E-state index contributed by atoms with van der Waals surface area (Å²) in [7, 11) is -12.6. The van der Waals surface area contributed by atoms with Gasteiger partial charge in [-0.2, -0.15) is 26.3 Å². The van der Waals surface area contributed by atoms with Crippen molar-refractivity contribution >= 4 is 19.7 Å². The van der Waals surface area contributed by atoms with E-state index in [2.05, 4.69) is 6.58 Å². The predicted octanol–water partition coefficient (Wildman–Crippen LogP) is 2.24. The molecule has 0 aliphatic rings. The Morgan fingerprint density at radius 1 is 0.950 bits per heavy atom. The maximum Gasteiger partial charge on any atom is 0.502 e. The third-order valence-corrected chi connectivity index (χ3v) is 4.17. The van der Waals surface area contributed by atoms with Gasteiger partial charge in [0.25, 0.3) is 19.7 Å². The van der Waals surface area contributed by atoms with Crippen molar-refractivity contribution in [3.8, 4) is 0 Å². The molecular formula is C8H5F6O4S2. The van der Waals surface area contributed by atoms with Gasteiger partial charge in [0.05, 0.1) is 4.91 Å². The van der Waals surface area contributed by atoms with Gasteiger partial charge in [-0.05, 0) is 6.08 Å². The molecule has 20 heavy (non-hydrogen) atoms. The number of allylic oxidation sites excluding steroid dienone is 3. The Bertz CT molecular complexity index is 633. The first-order valence-electron chi connectivity index (χ1n) is 4.23. The van der Waals surface area contributed by atoms with Crippen LogP contribution in [-0.2, 0) is 19.7 Å². The summed E-state index contributed by atoms with van der Waals surface area (Å²) in [5, 5.41) is 0.336. The number of alkyl halides is 6. The largest absolute Gasteiger partial charge is 0.502 e. The lowest BCUT2D eigenvalue weighted by Crippen LogP contribution is -2.27.